The van der Waals surface area contributed by atoms with E-state index < -0.39 is 10.2 Å². The Morgan fingerprint density at radius 1 is 1.28 bits per heavy atom. The molecular weight excluding hydrogens is 250 g/mol. The summed E-state index contributed by atoms with van der Waals surface area (Å²) < 4.78 is 28.5. The van der Waals surface area contributed by atoms with Crippen LogP contribution in [0, 0.1) is 0 Å². The third kappa shape index (κ3) is 2.93. The minimum atomic E-state index is -3.31. The number of rotatable bonds is 5. The first-order valence-corrected chi connectivity index (χ1v) is 8.14. The molecule has 0 atom stereocenters. The van der Waals surface area contributed by atoms with Gasteiger partial charge in [0.2, 0.25) is 0 Å². The highest BCUT2D eigenvalue weighted by atomic mass is 32.2. The summed E-state index contributed by atoms with van der Waals surface area (Å²) in [6.07, 6.45) is 5.93. The van der Waals surface area contributed by atoms with E-state index in [1.54, 1.807) is 14.7 Å². The number of hydrogen-bond donors (Lipinski definition) is 1. The van der Waals surface area contributed by atoms with Crippen molar-refractivity contribution < 1.29 is 8.42 Å². The van der Waals surface area contributed by atoms with Crippen LogP contribution in [-0.4, -0.2) is 55.8 Å². The van der Waals surface area contributed by atoms with Gasteiger partial charge in [-0.2, -0.15) is 17.0 Å². The lowest BCUT2D eigenvalue weighted by Gasteiger charge is -2.34. The fourth-order valence-corrected chi connectivity index (χ4v) is 4.60. The van der Waals surface area contributed by atoms with Crippen LogP contribution in [0.3, 0.4) is 0 Å². The molecule has 0 aromatic rings. The predicted octanol–water partition coefficient (Wildman–Crippen LogP) is 0.567. The SMILES string of the molecule is C=CCN(C1CCCC1)S(=O)(=O)N1CCNCC1. The highest BCUT2D eigenvalue weighted by Crippen LogP contribution is 2.26. The highest BCUT2D eigenvalue weighted by Gasteiger charge is 2.35. The maximum Gasteiger partial charge on any atom is 0.282 e. The van der Waals surface area contributed by atoms with E-state index in [0.29, 0.717) is 19.6 Å². The quantitative estimate of drug-likeness (QED) is 0.745. The monoisotopic (exact) mass is 273 g/mol. The van der Waals surface area contributed by atoms with Crippen molar-refractivity contribution in [3.8, 4) is 0 Å². The first kappa shape index (κ1) is 14.0. The molecule has 104 valence electrons. The molecule has 0 bridgehead atoms. The van der Waals surface area contributed by atoms with E-state index in [-0.39, 0.29) is 6.04 Å². The molecule has 0 aromatic heterocycles. The molecule has 0 amide bonds. The molecule has 1 heterocycles. The Labute approximate surface area is 110 Å². The molecule has 2 aliphatic rings. The van der Waals surface area contributed by atoms with Gasteiger partial charge >= 0.3 is 0 Å². The molecule has 1 aliphatic heterocycles. The Kier molecular flexibility index (Phi) is 4.77. The van der Waals surface area contributed by atoms with Gasteiger partial charge in [0.25, 0.3) is 10.2 Å². The van der Waals surface area contributed by atoms with Crippen LogP contribution in [0.2, 0.25) is 0 Å². The van der Waals surface area contributed by atoms with Crippen LogP contribution in [0.4, 0.5) is 0 Å². The maximum absolute atomic E-state index is 12.6. The summed E-state index contributed by atoms with van der Waals surface area (Å²) in [5.41, 5.74) is 0. The minimum absolute atomic E-state index is 0.169. The summed E-state index contributed by atoms with van der Waals surface area (Å²) in [5, 5.41) is 3.18. The zero-order valence-electron chi connectivity index (χ0n) is 10.8. The number of piperazine rings is 1. The third-order valence-electron chi connectivity index (χ3n) is 3.74. The van der Waals surface area contributed by atoms with E-state index in [2.05, 4.69) is 11.9 Å². The van der Waals surface area contributed by atoms with Gasteiger partial charge in [-0.25, -0.2) is 0 Å². The summed E-state index contributed by atoms with van der Waals surface area (Å²) >= 11 is 0. The average Bonchev–Trinajstić information content (AvgIpc) is 2.90. The summed E-state index contributed by atoms with van der Waals surface area (Å²) in [6.45, 7) is 6.75. The Morgan fingerprint density at radius 3 is 2.44 bits per heavy atom. The molecule has 1 aliphatic carbocycles. The van der Waals surface area contributed by atoms with Crippen LogP contribution < -0.4 is 5.32 Å². The lowest BCUT2D eigenvalue weighted by Crippen LogP contribution is -2.53. The molecule has 0 radical (unpaired) electrons. The first-order chi connectivity index (χ1) is 8.66. The molecule has 18 heavy (non-hydrogen) atoms. The molecule has 5 nitrogen and oxygen atoms in total. The largest absolute Gasteiger partial charge is 0.314 e. The standard InChI is InChI=1S/C12H23N3O2S/c1-2-9-15(12-5-3-4-6-12)18(16,17)14-10-7-13-8-11-14/h2,12-13H,1,3-11H2. The fraction of sp³-hybridized carbons (Fsp3) is 0.833. The molecular formula is C12H23N3O2S. The first-order valence-electron chi connectivity index (χ1n) is 6.75. The van der Waals surface area contributed by atoms with Crippen molar-refractivity contribution >= 4 is 10.2 Å². The summed E-state index contributed by atoms with van der Waals surface area (Å²) in [6, 6.07) is 0.169. The third-order valence-corrected chi connectivity index (χ3v) is 5.80. The molecule has 1 saturated carbocycles. The van der Waals surface area contributed by atoms with Crippen LogP contribution in [0.25, 0.3) is 0 Å². The van der Waals surface area contributed by atoms with E-state index >= 15 is 0 Å². The van der Waals surface area contributed by atoms with Crippen LogP contribution in [0.1, 0.15) is 25.7 Å². The van der Waals surface area contributed by atoms with Gasteiger partial charge in [0.05, 0.1) is 0 Å². The second kappa shape index (κ2) is 6.14. The van der Waals surface area contributed by atoms with E-state index in [1.165, 1.54) is 0 Å². The van der Waals surface area contributed by atoms with Crippen molar-refractivity contribution in [3.63, 3.8) is 0 Å². The molecule has 1 N–H and O–H groups in total. The maximum atomic E-state index is 12.6. The van der Waals surface area contributed by atoms with Crippen molar-refractivity contribution in [2.45, 2.75) is 31.7 Å². The summed E-state index contributed by atoms with van der Waals surface area (Å²) in [4.78, 5) is 0. The number of hydrogen-bond acceptors (Lipinski definition) is 3. The van der Waals surface area contributed by atoms with Gasteiger partial charge in [-0.3, -0.25) is 0 Å². The van der Waals surface area contributed by atoms with E-state index in [1.807, 2.05) is 0 Å². The Balaban J connectivity index is 2.14. The van der Waals surface area contributed by atoms with Crippen molar-refractivity contribution in [1.29, 1.82) is 0 Å². The Bertz CT molecular complexity index is 371. The van der Waals surface area contributed by atoms with Crippen molar-refractivity contribution in [3.05, 3.63) is 12.7 Å². The zero-order valence-corrected chi connectivity index (χ0v) is 11.7. The second-order valence-electron chi connectivity index (χ2n) is 4.95. The fourth-order valence-electron chi connectivity index (χ4n) is 2.77. The van der Waals surface area contributed by atoms with Crippen molar-refractivity contribution in [1.82, 2.24) is 13.9 Å². The lowest BCUT2D eigenvalue weighted by molar-refractivity contribution is 0.285. The van der Waals surface area contributed by atoms with Gasteiger partial charge in [-0.1, -0.05) is 18.9 Å². The molecule has 0 aromatic carbocycles. The van der Waals surface area contributed by atoms with Gasteiger partial charge in [0.1, 0.15) is 0 Å². The van der Waals surface area contributed by atoms with Gasteiger partial charge < -0.3 is 5.32 Å². The summed E-state index contributed by atoms with van der Waals surface area (Å²) in [7, 11) is -3.31. The van der Waals surface area contributed by atoms with E-state index in [0.717, 1.165) is 38.8 Å². The topological polar surface area (TPSA) is 52.7 Å². The van der Waals surface area contributed by atoms with Gasteiger partial charge in [0.15, 0.2) is 0 Å². The zero-order chi connectivity index (χ0) is 13.0. The average molecular weight is 273 g/mol. The lowest BCUT2D eigenvalue weighted by atomic mass is 10.2. The van der Waals surface area contributed by atoms with E-state index in [4.69, 9.17) is 0 Å². The molecule has 2 rings (SSSR count). The van der Waals surface area contributed by atoms with E-state index in [9.17, 15) is 8.42 Å². The second-order valence-corrected chi connectivity index (χ2v) is 6.83. The van der Waals surface area contributed by atoms with Crippen LogP contribution in [0.15, 0.2) is 12.7 Å². The number of nitrogens with zero attached hydrogens (tertiary/aromatic N) is 2. The smallest absolute Gasteiger partial charge is 0.282 e. The highest BCUT2D eigenvalue weighted by molar-refractivity contribution is 7.86. The van der Waals surface area contributed by atoms with Gasteiger partial charge in [0, 0.05) is 38.8 Å². The Hall–Kier alpha value is -0.430. The number of nitrogens with one attached hydrogen (secondary N) is 1. The molecule has 0 spiro atoms. The predicted molar refractivity (Wildman–Crippen MR) is 72.5 cm³/mol. The van der Waals surface area contributed by atoms with Crippen LogP contribution >= 0.6 is 0 Å². The van der Waals surface area contributed by atoms with Crippen molar-refractivity contribution in [2.75, 3.05) is 32.7 Å². The van der Waals surface area contributed by atoms with Gasteiger partial charge in [-0.15, -0.1) is 6.58 Å². The molecule has 2 fully saturated rings. The normalized spacial score (nSPS) is 23.6. The van der Waals surface area contributed by atoms with Crippen LogP contribution in [0.5, 0.6) is 0 Å². The summed E-state index contributed by atoms with van der Waals surface area (Å²) in [5.74, 6) is 0. The van der Waals surface area contributed by atoms with Crippen LogP contribution in [-0.2, 0) is 10.2 Å². The molecule has 0 unspecified atom stereocenters. The van der Waals surface area contributed by atoms with Gasteiger partial charge in [-0.05, 0) is 12.8 Å². The van der Waals surface area contributed by atoms with Crippen molar-refractivity contribution in [2.24, 2.45) is 0 Å². The molecule has 1 saturated heterocycles. The Morgan fingerprint density at radius 2 is 1.89 bits per heavy atom. The molecule has 6 heteroatoms. The minimum Gasteiger partial charge on any atom is -0.314 e.